The first-order chi connectivity index (χ1) is 11.8. The third kappa shape index (κ3) is 2.50. The molecular formula is C18H17FN4O. The largest absolute Gasteiger partial charge is 0.496 e. The van der Waals surface area contributed by atoms with E-state index >= 15 is 0 Å². The number of para-hydroxylation sites is 1. The van der Waals surface area contributed by atoms with Crippen molar-refractivity contribution in [3.8, 4) is 5.75 Å². The molecule has 2 heterocycles. The quantitative estimate of drug-likeness (QED) is 0.800. The van der Waals surface area contributed by atoms with E-state index in [2.05, 4.69) is 15.4 Å². The second kappa shape index (κ2) is 5.96. The minimum atomic E-state index is -0.237. The Bertz CT molecular complexity index is 846. The second-order valence-electron chi connectivity index (χ2n) is 5.77. The van der Waals surface area contributed by atoms with Crippen molar-refractivity contribution < 1.29 is 9.13 Å². The SMILES string of the molecule is COc1ccccc1[C@H]1C[C@H](c2ccc(F)cc2)Nc2ncnn21. The number of halogens is 1. The predicted molar refractivity (Wildman–Crippen MR) is 88.5 cm³/mol. The Balaban J connectivity index is 1.75. The lowest BCUT2D eigenvalue weighted by Gasteiger charge is -2.32. The molecule has 4 rings (SSSR count). The van der Waals surface area contributed by atoms with Crippen molar-refractivity contribution in [2.24, 2.45) is 0 Å². The van der Waals surface area contributed by atoms with Gasteiger partial charge < -0.3 is 10.1 Å². The van der Waals surface area contributed by atoms with Gasteiger partial charge in [0.15, 0.2) is 0 Å². The molecule has 1 aliphatic heterocycles. The van der Waals surface area contributed by atoms with E-state index in [9.17, 15) is 4.39 Å². The van der Waals surface area contributed by atoms with Gasteiger partial charge in [-0.25, -0.2) is 9.07 Å². The summed E-state index contributed by atoms with van der Waals surface area (Å²) in [6.45, 7) is 0. The lowest BCUT2D eigenvalue weighted by atomic mass is 9.93. The van der Waals surface area contributed by atoms with E-state index in [4.69, 9.17) is 4.74 Å². The van der Waals surface area contributed by atoms with Crippen LogP contribution in [0.15, 0.2) is 54.9 Å². The molecular weight excluding hydrogens is 307 g/mol. The molecule has 0 bridgehead atoms. The molecule has 5 nitrogen and oxygen atoms in total. The molecule has 2 atom stereocenters. The van der Waals surface area contributed by atoms with E-state index in [1.54, 1.807) is 19.2 Å². The first-order valence-corrected chi connectivity index (χ1v) is 7.80. The second-order valence-corrected chi connectivity index (χ2v) is 5.77. The maximum atomic E-state index is 13.2. The van der Waals surface area contributed by atoms with Crippen molar-refractivity contribution in [1.82, 2.24) is 14.8 Å². The van der Waals surface area contributed by atoms with Crippen molar-refractivity contribution >= 4 is 5.95 Å². The Kier molecular flexibility index (Phi) is 3.65. The van der Waals surface area contributed by atoms with Crippen molar-refractivity contribution in [2.45, 2.75) is 18.5 Å². The van der Waals surface area contributed by atoms with E-state index in [-0.39, 0.29) is 17.9 Å². The van der Waals surface area contributed by atoms with Crippen LogP contribution in [0.25, 0.3) is 0 Å². The summed E-state index contributed by atoms with van der Waals surface area (Å²) in [4.78, 5) is 4.31. The normalized spacial score (nSPS) is 19.4. The van der Waals surface area contributed by atoms with Gasteiger partial charge in [-0.15, -0.1) is 0 Å². The minimum absolute atomic E-state index is 0.00467. The molecule has 6 heteroatoms. The van der Waals surface area contributed by atoms with Crippen molar-refractivity contribution in [1.29, 1.82) is 0 Å². The van der Waals surface area contributed by atoms with Crippen LogP contribution in [0.3, 0.4) is 0 Å². The van der Waals surface area contributed by atoms with Crippen LogP contribution in [0.2, 0.25) is 0 Å². The summed E-state index contributed by atoms with van der Waals surface area (Å²) in [5.41, 5.74) is 2.07. The van der Waals surface area contributed by atoms with E-state index in [1.807, 2.05) is 28.9 Å². The van der Waals surface area contributed by atoms with Gasteiger partial charge in [0.05, 0.1) is 19.2 Å². The summed E-state index contributed by atoms with van der Waals surface area (Å²) in [6.07, 6.45) is 2.31. The number of ether oxygens (including phenoxy) is 1. The summed E-state index contributed by atoms with van der Waals surface area (Å²) in [6, 6.07) is 14.5. The number of benzene rings is 2. The maximum absolute atomic E-state index is 13.2. The smallest absolute Gasteiger partial charge is 0.222 e. The third-order valence-corrected chi connectivity index (χ3v) is 4.40. The highest BCUT2D eigenvalue weighted by Gasteiger charge is 2.31. The van der Waals surface area contributed by atoms with Crippen molar-refractivity contribution in [3.05, 3.63) is 71.8 Å². The highest BCUT2D eigenvalue weighted by molar-refractivity contribution is 5.42. The molecule has 0 saturated heterocycles. The number of rotatable bonds is 3. The molecule has 3 aromatic rings. The number of anilines is 1. The average Bonchev–Trinajstić information content (AvgIpc) is 3.10. The van der Waals surface area contributed by atoms with Gasteiger partial charge >= 0.3 is 0 Å². The van der Waals surface area contributed by atoms with E-state index in [0.29, 0.717) is 5.95 Å². The van der Waals surface area contributed by atoms with Crippen molar-refractivity contribution in [3.63, 3.8) is 0 Å². The number of aromatic nitrogens is 3. The Morgan fingerprint density at radius 1 is 1.17 bits per heavy atom. The highest BCUT2D eigenvalue weighted by atomic mass is 19.1. The summed E-state index contributed by atoms with van der Waals surface area (Å²) in [7, 11) is 1.67. The van der Waals surface area contributed by atoms with Gasteiger partial charge in [0.1, 0.15) is 17.9 Å². The Hall–Kier alpha value is -2.89. The molecule has 24 heavy (non-hydrogen) atoms. The number of hydrogen-bond acceptors (Lipinski definition) is 4. The fourth-order valence-corrected chi connectivity index (χ4v) is 3.23. The fourth-order valence-electron chi connectivity index (χ4n) is 3.23. The number of nitrogens with one attached hydrogen (secondary N) is 1. The first-order valence-electron chi connectivity index (χ1n) is 7.80. The third-order valence-electron chi connectivity index (χ3n) is 4.40. The average molecular weight is 324 g/mol. The Labute approximate surface area is 139 Å². The molecule has 1 aliphatic rings. The van der Waals surface area contributed by atoms with E-state index < -0.39 is 0 Å². The zero-order chi connectivity index (χ0) is 16.5. The number of fused-ring (bicyclic) bond motifs is 1. The molecule has 0 fully saturated rings. The fraction of sp³-hybridized carbons (Fsp3) is 0.222. The highest BCUT2D eigenvalue weighted by Crippen LogP contribution is 2.40. The molecule has 0 spiro atoms. The van der Waals surface area contributed by atoms with Crippen LogP contribution >= 0.6 is 0 Å². The molecule has 1 aromatic heterocycles. The number of methoxy groups -OCH3 is 1. The number of hydrogen-bond donors (Lipinski definition) is 1. The zero-order valence-electron chi connectivity index (χ0n) is 13.2. The van der Waals surface area contributed by atoms with Crippen LogP contribution in [-0.2, 0) is 0 Å². The molecule has 122 valence electrons. The summed E-state index contributed by atoms with van der Waals surface area (Å²) < 4.78 is 20.6. The van der Waals surface area contributed by atoms with Crippen LogP contribution < -0.4 is 10.1 Å². The molecule has 0 unspecified atom stereocenters. The topological polar surface area (TPSA) is 52.0 Å². The molecule has 1 N–H and O–H groups in total. The van der Waals surface area contributed by atoms with Gasteiger partial charge in [0, 0.05) is 5.56 Å². The first kappa shape index (κ1) is 14.7. The molecule has 0 saturated carbocycles. The molecule has 2 aromatic carbocycles. The van der Waals surface area contributed by atoms with E-state index in [0.717, 1.165) is 23.3 Å². The summed E-state index contributed by atoms with van der Waals surface area (Å²) in [5, 5.41) is 7.74. The Morgan fingerprint density at radius 3 is 2.75 bits per heavy atom. The van der Waals surface area contributed by atoms with Crippen LogP contribution in [0.4, 0.5) is 10.3 Å². The maximum Gasteiger partial charge on any atom is 0.222 e. The minimum Gasteiger partial charge on any atom is -0.496 e. The lowest BCUT2D eigenvalue weighted by Crippen LogP contribution is -2.28. The Morgan fingerprint density at radius 2 is 1.96 bits per heavy atom. The van der Waals surface area contributed by atoms with Gasteiger partial charge in [-0.3, -0.25) is 0 Å². The molecule has 0 amide bonds. The molecule has 0 radical (unpaired) electrons. The van der Waals surface area contributed by atoms with Crippen LogP contribution in [0, 0.1) is 5.82 Å². The molecule has 0 aliphatic carbocycles. The standard InChI is InChI=1S/C18H17FN4O/c1-24-17-5-3-2-4-14(17)16-10-15(12-6-8-13(19)9-7-12)22-18-20-11-21-23(16)18/h2-9,11,15-16H,10H2,1H3,(H,20,21,22)/t15-,16-/m1/s1. The van der Waals surface area contributed by atoms with E-state index in [1.165, 1.54) is 18.5 Å². The van der Waals surface area contributed by atoms with Gasteiger partial charge in [0.2, 0.25) is 5.95 Å². The summed E-state index contributed by atoms with van der Waals surface area (Å²) >= 11 is 0. The van der Waals surface area contributed by atoms with Gasteiger partial charge in [-0.2, -0.15) is 10.1 Å². The van der Waals surface area contributed by atoms with Crippen LogP contribution in [0.1, 0.15) is 29.6 Å². The van der Waals surface area contributed by atoms with Crippen LogP contribution in [-0.4, -0.2) is 21.9 Å². The number of nitrogens with zero attached hydrogens (tertiary/aromatic N) is 3. The van der Waals surface area contributed by atoms with Crippen molar-refractivity contribution in [2.75, 3.05) is 12.4 Å². The van der Waals surface area contributed by atoms with Crippen LogP contribution in [0.5, 0.6) is 5.75 Å². The predicted octanol–water partition coefficient (Wildman–Crippen LogP) is 3.57. The van der Waals surface area contributed by atoms with Gasteiger partial charge in [-0.05, 0) is 30.2 Å². The van der Waals surface area contributed by atoms with Gasteiger partial charge in [-0.1, -0.05) is 30.3 Å². The van der Waals surface area contributed by atoms with Gasteiger partial charge in [0.25, 0.3) is 0 Å². The monoisotopic (exact) mass is 324 g/mol. The summed E-state index contributed by atoms with van der Waals surface area (Å²) in [5.74, 6) is 1.29. The lowest BCUT2D eigenvalue weighted by molar-refractivity contribution is 0.380. The zero-order valence-corrected chi connectivity index (χ0v) is 13.2.